The van der Waals surface area contributed by atoms with Gasteiger partial charge in [0.1, 0.15) is 0 Å². The molecule has 2 aromatic heterocycles. The Hall–Kier alpha value is -2.04. The van der Waals surface area contributed by atoms with Gasteiger partial charge in [-0.1, -0.05) is 22.7 Å². The van der Waals surface area contributed by atoms with Crippen molar-refractivity contribution in [3.8, 4) is 0 Å². The van der Waals surface area contributed by atoms with Crippen molar-refractivity contribution in [1.82, 2.24) is 9.37 Å². The summed E-state index contributed by atoms with van der Waals surface area (Å²) in [6.07, 6.45) is 0. The minimum atomic E-state index is -3.83. The third-order valence-corrected chi connectivity index (χ3v) is 7.51. The minimum Gasteiger partial charge on any atom is -0.328 e. The van der Waals surface area contributed by atoms with E-state index in [2.05, 4.69) is 0 Å². The minimum absolute atomic E-state index is 0.00916. The van der Waals surface area contributed by atoms with Crippen LogP contribution in [0.1, 0.15) is 20.1 Å². The normalized spacial score (nSPS) is 11.7. The van der Waals surface area contributed by atoms with E-state index in [0.29, 0.717) is 18.7 Å². The Morgan fingerprint density at radius 2 is 1.61 bits per heavy atom. The van der Waals surface area contributed by atoms with Gasteiger partial charge in [0.2, 0.25) is 0 Å². The van der Waals surface area contributed by atoms with Gasteiger partial charge in [0, 0.05) is 22.4 Å². The Kier molecular flexibility index (Phi) is 6.63. The van der Waals surface area contributed by atoms with Gasteiger partial charge in [-0.3, -0.25) is 9.63 Å². The first kappa shape index (κ1) is 20.7. The highest BCUT2D eigenvalue weighted by atomic mass is 32.2. The van der Waals surface area contributed by atoms with Crippen LogP contribution in [-0.4, -0.2) is 37.9 Å². The van der Waals surface area contributed by atoms with Gasteiger partial charge in [-0.05, 0) is 41.1 Å². The van der Waals surface area contributed by atoms with Crippen LogP contribution < -0.4 is 0 Å². The molecule has 0 atom stereocenters. The van der Waals surface area contributed by atoms with Crippen molar-refractivity contribution in [2.45, 2.75) is 18.0 Å². The number of hydroxylamine groups is 1. The average Bonchev–Trinajstić information content (AvgIpc) is 3.40. The van der Waals surface area contributed by atoms with Gasteiger partial charge in [0.05, 0.1) is 25.1 Å². The molecule has 148 valence electrons. The quantitative estimate of drug-likeness (QED) is 0.503. The molecule has 0 unspecified atom stereocenters. The Balaban J connectivity index is 1.91. The summed E-state index contributed by atoms with van der Waals surface area (Å²) in [6, 6.07) is 13.9. The van der Waals surface area contributed by atoms with E-state index in [-0.39, 0.29) is 10.8 Å². The molecule has 9 heteroatoms. The molecule has 2 heterocycles. The lowest BCUT2D eigenvalue weighted by Crippen LogP contribution is -2.30. The molecule has 0 aliphatic heterocycles. The van der Waals surface area contributed by atoms with Gasteiger partial charge in [-0.25, -0.2) is 8.42 Å². The summed E-state index contributed by atoms with van der Waals surface area (Å²) in [5.74, 6) is -0.223. The molecule has 0 spiro atoms. The zero-order valence-electron chi connectivity index (χ0n) is 15.4. The highest BCUT2D eigenvalue weighted by Crippen LogP contribution is 2.21. The SMILES string of the molecule is CON(C)S(=O)(=O)c1cccc(C(=O)N(Cc2cccs2)Cc2cccs2)c1. The fraction of sp³-hybridized carbons (Fsp3) is 0.211. The second-order valence-corrected chi connectivity index (χ2v) is 9.95. The van der Waals surface area contributed by atoms with Crippen molar-refractivity contribution in [1.29, 1.82) is 0 Å². The number of thiophene rings is 2. The van der Waals surface area contributed by atoms with Crippen molar-refractivity contribution in [2.24, 2.45) is 0 Å². The maximum Gasteiger partial charge on any atom is 0.264 e. The second kappa shape index (κ2) is 8.97. The van der Waals surface area contributed by atoms with Crippen molar-refractivity contribution >= 4 is 38.6 Å². The number of hydrogen-bond donors (Lipinski definition) is 0. The molecule has 3 rings (SSSR count). The monoisotopic (exact) mass is 436 g/mol. The third-order valence-electron chi connectivity index (χ3n) is 4.12. The van der Waals surface area contributed by atoms with Crippen LogP contribution in [0.2, 0.25) is 0 Å². The molecular weight excluding hydrogens is 416 g/mol. The summed E-state index contributed by atoms with van der Waals surface area (Å²) >= 11 is 3.16. The number of hydrogen-bond acceptors (Lipinski definition) is 6. The highest BCUT2D eigenvalue weighted by molar-refractivity contribution is 7.89. The zero-order chi connectivity index (χ0) is 20.1. The van der Waals surface area contributed by atoms with E-state index in [1.807, 2.05) is 35.0 Å². The molecule has 28 heavy (non-hydrogen) atoms. The number of rotatable bonds is 8. The Labute approximate surface area is 172 Å². The van der Waals surface area contributed by atoms with E-state index in [1.54, 1.807) is 39.7 Å². The summed E-state index contributed by atoms with van der Waals surface area (Å²) in [5.41, 5.74) is 0.318. The first-order valence-corrected chi connectivity index (χ1v) is 11.6. The van der Waals surface area contributed by atoms with Crippen LogP contribution in [0.3, 0.4) is 0 Å². The van der Waals surface area contributed by atoms with Crippen LogP contribution >= 0.6 is 22.7 Å². The number of nitrogens with zero attached hydrogens (tertiary/aromatic N) is 2. The molecule has 1 aromatic carbocycles. The molecule has 0 radical (unpaired) electrons. The maximum atomic E-state index is 13.2. The van der Waals surface area contributed by atoms with Gasteiger partial charge in [-0.15, -0.1) is 22.7 Å². The van der Waals surface area contributed by atoms with E-state index in [0.717, 1.165) is 14.2 Å². The van der Waals surface area contributed by atoms with Gasteiger partial charge in [-0.2, -0.15) is 0 Å². The van der Waals surface area contributed by atoms with Gasteiger partial charge in [0.25, 0.3) is 15.9 Å². The largest absolute Gasteiger partial charge is 0.328 e. The summed E-state index contributed by atoms with van der Waals surface area (Å²) in [5, 5.41) is 3.94. The van der Waals surface area contributed by atoms with Crippen LogP contribution in [0.4, 0.5) is 0 Å². The lowest BCUT2D eigenvalue weighted by Gasteiger charge is -2.22. The lowest BCUT2D eigenvalue weighted by atomic mass is 10.2. The molecule has 0 N–H and O–H groups in total. The second-order valence-electron chi connectivity index (χ2n) is 5.95. The van der Waals surface area contributed by atoms with Crippen molar-refractivity contribution in [3.63, 3.8) is 0 Å². The predicted molar refractivity (Wildman–Crippen MR) is 111 cm³/mol. The molecule has 0 saturated carbocycles. The summed E-state index contributed by atoms with van der Waals surface area (Å²) in [4.78, 5) is 21.9. The van der Waals surface area contributed by atoms with Crippen LogP contribution in [0.25, 0.3) is 0 Å². The third kappa shape index (κ3) is 4.68. The number of amides is 1. The molecule has 0 saturated heterocycles. The number of carbonyl (C=O) groups excluding carboxylic acids is 1. The van der Waals surface area contributed by atoms with Crippen molar-refractivity contribution in [3.05, 3.63) is 74.6 Å². The topological polar surface area (TPSA) is 66.9 Å². The van der Waals surface area contributed by atoms with E-state index >= 15 is 0 Å². The standard InChI is InChI=1S/C19H20N2O4S3/c1-20(25-2)28(23,24)18-9-3-6-15(12-18)19(22)21(13-16-7-4-10-26-16)14-17-8-5-11-27-17/h3-12H,13-14H2,1-2H3. The molecule has 0 aliphatic carbocycles. The van der Waals surface area contributed by atoms with E-state index in [1.165, 1.54) is 26.3 Å². The fourth-order valence-electron chi connectivity index (χ4n) is 2.60. The van der Waals surface area contributed by atoms with Crippen LogP contribution in [0, 0.1) is 0 Å². The van der Waals surface area contributed by atoms with Gasteiger partial charge >= 0.3 is 0 Å². The molecule has 6 nitrogen and oxygen atoms in total. The Morgan fingerprint density at radius 1 is 1.00 bits per heavy atom. The molecule has 0 aliphatic rings. The lowest BCUT2D eigenvalue weighted by molar-refractivity contribution is -0.0258. The first-order valence-electron chi connectivity index (χ1n) is 8.39. The van der Waals surface area contributed by atoms with Gasteiger partial charge < -0.3 is 4.90 Å². The van der Waals surface area contributed by atoms with E-state index in [4.69, 9.17) is 4.84 Å². The molecule has 1 amide bonds. The molecule has 3 aromatic rings. The first-order chi connectivity index (χ1) is 13.4. The Morgan fingerprint density at radius 3 is 2.11 bits per heavy atom. The number of benzene rings is 1. The summed E-state index contributed by atoms with van der Waals surface area (Å²) in [6.45, 7) is 0.923. The molecular formula is C19H20N2O4S3. The van der Waals surface area contributed by atoms with Crippen molar-refractivity contribution in [2.75, 3.05) is 14.2 Å². The maximum absolute atomic E-state index is 13.2. The van der Waals surface area contributed by atoms with E-state index < -0.39 is 10.0 Å². The predicted octanol–water partition coefficient (Wildman–Crippen LogP) is 3.83. The van der Waals surface area contributed by atoms with Gasteiger partial charge in [0.15, 0.2) is 0 Å². The summed E-state index contributed by atoms with van der Waals surface area (Å²) < 4.78 is 25.8. The van der Waals surface area contributed by atoms with E-state index in [9.17, 15) is 13.2 Å². The summed E-state index contributed by atoms with van der Waals surface area (Å²) in [7, 11) is -1.24. The average molecular weight is 437 g/mol. The van der Waals surface area contributed by atoms with Crippen LogP contribution in [0.5, 0.6) is 0 Å². The zero-order valence-corrected chi connectivity index (χ0v) is 17.9. The van der Waals surface area contributed by atoms with Crippen LogP contribution in [-0.2, 0) is 28.0 Å². The highest BCUT2D eigenvalue weighted by Gasteiger charge is 2.24. The number of carbonyl (C=O) groups is 1. The molecule has 0 bridgehead atoms. The Bertz CT molecular complexity index is 979. The fourth-order valence-corrected chi connectivity index (χ4v) is 5.06. The van der Waals surface area contributed by atoms with Crippen LogP contribution in [0.15, 0.2) is 64.2 Å². The smallest absolute Gasteiger partial charge is 0.264 e. The van der Waals surface area contributed by atoms with Crippen molar-refractivity contribution < 1.29 is 18.0 Å². The molecule has 0 fully saturated rings. The number of sulfonamides is 1.